The van der Waals surface area contributed by atoms with Gasteiger partial charge in [0.25, 0.3) is 0 Å². The third kappa shape index (κ3) is 7.29. The number of carbonyl (C=O) groups excluding carboxylic acids is 1. The van der Waals surface area contributed by atoms with Crippen molar-refractivity contribution in [2.75, 3.05) is 13.2 Å². The summed E-state index contributed by atoms with van der Waals surface area (Å²) < 4.78 is 18.3. The van der Waals surface area contributed by atoms with Crippen molar-refractivity contribution in [1.29, 1.82) is 0 Å². The van der Waals surface area contributed by atoms with E-state index in [0.29, 0.717) is 34.6 Å². The molecule has 2 unspecified atom stereocenters. The van der Waals surface area contributed by atoms with Crippen molar-refractivity contribution in [2.45, 2.75) is 31.9 Å². The molecule has 0 aliphatic carbocycles. The summed E-state index contributed by atoms with van der Waals surface area (Å²) in [6, 6.07) is 35.6. The van der Waals surface area contributed by atoms with Crippen LogP contribution in [0.5, 0.6) is 5.75 Å². The standard InChI is InChI=1S/C35H33NO5/c1-2-28(21-25-13-6-3-7-14-25)36-23-29(40-35(38)27-17-10-5-11-18-27)24-39-32-20-12-19-30-31(37)22-33(41-34(30)32)26-15-8-4-9-16-26/h3-20,22,28-29,36H,2,21,23-24H2,1H3. The van der Waals surface area contributed by atoms with Crippen LogP contribution < -0.4 is 15.5 Å². The normalized spacial score (nSPS) is 12.5. The first-order chi connectivity index (χ1) is 20.1. The van der Waals surface area contributed by atoms with Gasteiger partial charge in [0.15, 0.2) is 16.8 Å². The lowest BCUT2D eigenvalue weighted by Gasteiger charge is -2.23. The first kappa shape index (κ1) is 27.9. The third-order valence-electron chi connectivity index (χ3n) is 6.94. The fourth-order valence-corrected chi connectivity index (χ4v) is 4.68. The fourth-order valence-electron chi connectivity index (χ4n) is 4.68. The number of esters is 1. The molecule has 0 spiro atoms. The van der Waals surface area contributed by atoms with Gasteiger partial charge in [0.2, 0.25) is 0 Å². The van der Waals surface area contributed by atoms with Crippen LogP contribution in [0.4, 0.5) is 0 Å². The van der Waals surface area contributed by atoms with E-state index in [-0.39, 0.29) is 18.1 Å². The van der Waals surface area contributed by atoms with E-state index >= 15 is 0 Å². The van der Waals surface area contributed by atoms with Crippen molar-refractivity contribution in [3.63, 3.8) is 0 Å². The molecule has 0 amide bonds. The van der Waals surface area contributed by atoms with E-state index in [1.807, 2.05) is 54.6 Å². The quantitative estimate of drug-likeness (QED) is 0.176. The third-order valence-corrected chi connectivity index (χ3v) is 6.94. The molecule has 0 fully saturated rings. The molecule has 2 atom stereocenters. The summed E-state index contributed by atoms with van der Waals surface area (Å²) in [4.78, 5) is 25.9. The number of hydrogen-bond acceptors (Lipinski definition) is 6. The highest BCUT2D eigenvalue weighted by Crippen LogP contribution is 2.28. The Hall–Kier alpha value is -4.68. The number of ether oxygens (including phenoxy) is 2. The maximum Gasteiger partial charge on any atom is 0.338 e. The van der Waals surface area contributed by atoms with E-state index in [4.69, 9.17) is 13.9 Å². The number of para-hydroxylation sites is 1. The molecule has 4 aromatic carbocycles. The van der Waals surface area contributed by atoms with Crippen molar-refractivity contribution in [3.05, 3.63) is 137 Å². The van der Waals surface area contributed by atoms with Crippen LogP contribution in [0, 0.1) is 0 Å². The van der Waals surface area contributed by atoms with Gasteiger partial charge in [0, 0.05) is 24.2 Å². The Kier molecular flexibility index (Phi) is 9.24. The highest BCUT2D eigenvalue weighted by molar-refractivity contribution is 5.89. The Balaban J connectivity index is 1.36. The molecule has 1 heterocycles. The van der Waals surface area contributed by atoms with Crippen LogP contribution in [0.15, 0.2) is 124 Å². The lowest BCUT2D eigenvalue weighted by molar-refractivity contribution is 0.0170. The predicted molar refractivity (Wildman–Crippen MR) is 161 cm³/mol. The van der Waals surface area contributed by atoms with Crippen molar-refractivity contribution in [3.8, 4) is 17.1 Å². The molecule has 0 radical (unpaired) electrons. The van der Waals surface area contributed by atoms with Gasteiger partial charge in [-0.1, -0.05) is 91.9 Å². The predicted octanol–water partition coefficient (Wildman–Crippen LogP) is 6.68. The zero-order valence-electron chi connectivity index (χ0n) is 23.0. The first-order valence-electron chi connectivity index (χ1n) is 13.9. The van der Waals surface area contributed by atoms with Crippen LogP contribution in [0.2, 0.25) is 0 Å². The zero-order chi connectivity index (χ0) is 28.4. The van der Waals surface area contributed by atoms with Crippen LogP contribution in [0.3, 0.4) is 0 Å². The summed E-state index contributed by atoms with van der Waals surface area (Å²) in [5.41, 5.74) is 2.70. The zero-order valence-corrected chi connectivity index (χ0v) is 23.0. The van der Waals surface area contributed by atoms with Gasteiger partial charge in [0.1, 0.15) is 18.5 Å². The molecule has 6 nitrogen and oxygen atoms in total. The van der Waals surface area contributed by atoms with Gasteiger partial charge in [-0.2, -0.15) is 0 Å². The molecular formula is C35H33NO5. The van der Waals surface area contributed by atoms with E-state index in [9.17, 15) is 9.59 Å². The molecule has 5 rings (SSSR count). The van der Waals surface area contributed by atoms with E-state index in [1.165, 1.54) is 11.6 Å². The maximum absolute atomic E-state index is 13.0. The summed E-state index contributed by atoms with van der Waals surface area (Å²) in [5.74, 6) is 0.446. The monoisotopic (exact) mass is 547 g/mol. The average molecular weight is 548 g/mol. The molecular weight excluding hydrogens is 514 g/mol. The van der Waals surface area contributed by atoms with Gasteiger partial charge < -0.3 is 19.2 Å². The number of fused-ring (bicyclic) bond motifs is 1. The average Bonchev–Trinajstić information content (AvgIpc) is 3.03. The highest BCUT2D eigenvalue weighted by atomic mass is 16.6. The number of hydrogen-bond donors (Lipinski definition) is 1. The van der Waals surface area contributed by atoms with Gasteiger partial charge in [-0.25, -0.2) is 4.79 Å². The summed E-state index contributed by atoms with van der Waals surface area (Å²) in [7, 11) is 0. The smallest absolute Gasteiger partial charge is 0.338 e. The van der Waals surface area contributed by atoms with Crippen molar-refractivity contribution >= 4 is 16.9 Å². The SMILES string of the molecule is CCC(Cc1ccccc1)NCC(COc1cccc2c(=O)cc(-c3ccccc3)oc12)OC(=O)c1ccccc1. The lowest BCUT2D eigenvalue weighted by Crippen LogP contribution is -2.41. The Morgan fingerprint density at radius 1 is 0.854 bits per heavy atom. The Labute approximate surface area is 239 Å². The maximum atomic E-state index is 13.0. The van der Waals surface area contributed by atoms with Gasteiger partial charge in [0.05, 0.1) is 10.9 Å². The summed E-state index contributed by atoms with van der Waals surface area (Å²) in [6.45, 7) is 2.60. The first-order valence-corrected chi connectivity index (χ1v) is 13.9. The highest BCUT2D eigenvalue weighted by Gasteiger charge is 2.20. The molecule has 0 bridgehead atoms. The van der Waals surface area contributed by atoms with Gasteiger partial charge in [-0.3, -0.25) is 4.79 Å². The van der Waals surface area contributed by atoms with Gasteiger partial charge in [-0.05, 0) is 42.7 Å². The van der Waals surface area contributed by atoms with E-state index in [1.54, 1.807) is 42.5 Å². The Morgan fingerprint density at radius 2 is 1.54 bits per heavy atom. The van der Waals surface area contributed by atoms with Crippen LogP contribution in [0.1, 0.15) is 29.3 Å². The topological polar surface area (TPSA) is 77.8 Å². The minimum atomic E-state index is -0.591. The molecule has 0 aliphatic rings. The largest absolute Gasteiger partial charge is 0.486 e. The number of benzene rings is 4. The molecule has 5 aromatic rings. The van der Waals surface area contributed by atoms with Crippen molar-refractivity contribution in [1.82, 2.24) is 5.32 Å². The Bertz CT molecular complexity index is 1620. The van der Waals surface area contributed by atoms with Gasteiger partial charge in [-0.15, -0.1) is 0 Å². The minimum Gasteiger partial charge on any atom is -0.486 e. The second-order valence-corrected chi connectivity index (χ2v) is 9.88. The molecule has 41 heavy (non-hydrogen) atoms. The number of rotatable bonds is 12. The second kappa shape index (κ2) is 13.6. The number of carbonyl (C=O) groups is 1. The molecule has 6 heteroatoms. The summed E-state index contributed by atoms with van der Waals surface area (Å²) in [5, 5.41) is 3.98. The van der Waals surface area contributed by atoms with Crippen LogP contribution in [-0.2, 0) is 11.2 Å². The molecule has 1 N–H and O–H groups in total. The van der Waals surface area contributed by atoms with Crippen molar-refractivity contribution in [2.24, 2.45) is 0 Å². The van der Waals surface area contributed by atoms with E-state index < -0.39 is 12.1 Å². The van der Waals surface area contributed by atoms with E-state index in [2.05, 4.69) is 24.4 Å². The summed E-state index contributed by atoms with van der Waals surface area (Å²) in [6.07, 6.45) is 1.17. The molecule has 0 saturated heterocycles. The van der Waals surface area contributed by atoms with Crippen LogP contribution in [0.25, 0.3) is 22.3 Å². The van der Waals surface area contributed by atoms with Crippen LogP contribution >= 0.6 is 0 Å². The number of nitrogens with one attached hydrogen (secondary N) is 1. The fraction of sp³-hybridized carbons (Fsp3) is 0.200. The Morgan fingerprint density at radius 3 is 2.24 bits per heavy atom. The van der Waals surface area contributed by atoms with Crippen LogP contribution in [-0.4, -0.2) is 31.3 Å². The van der Waals surface area contributed by atoms with E-state index in [0.717, 1.165) is 18.4 Å². The molecule has 208 valence electrons. The second-order valence-electron chi connectivity index (χ2n) is 9.88. The molecule has 1 aromatic heterocycles. The van der Waals surface area contributed by atoms with Crippen molar-refractivity contribution < 1.29 is 18.7 Å². The lowest BCUT2D eigenvalue weighted by atomic mass is 10.0. The minimum absolute atomic E-state index is 0.0751. The molecule has 0 saturated carbocycles. The summed E-state index contributed by atoms with van der Waals surface area (Å²) >= 11 is 0. The molecule has 0 aliphatic heterocycles. The van der Waals surface area contributed by atoms with Gasteiger partial charge >= 0.3 is 5.97 Å².